The summed E-state index contributed by atoms with van der Waals surface area (Å²) in [4.78, 5) is 0. The predicted molar refractivity (Wildman–Crippen MR) is 68.1 cm³/mol. The van der Waals surface area contributed by atoms with Gasteiger partial charge < -0.3 is 10.1 Å². The second-order valence-corrected chi connectivity index (χ2v) is 3.86. The number of ether oxygens (including phenoxy) is 1. The first kappa shape index (κ1) is 11.0. The van der Waals surface area contributed by atoms with Crippen LogP contribution < -0.4 is 10.1 Å². The van der Waals surface area contributed by atoms with Gasteiger partial charge in [0.1, 0.15) is 5.75 Å². The van der Waals surface area contributed by atoms with Crippen LogP contribution in [-0.4, -0.2) is 20.7 Å². The molecule has 16 heavy (non-hydrogen) atoms. The molecule has 0 saturated carbocycles. The van der Waals surface area contributed by atoms with Crippen molar-refractivity contribution in [2.75, 3.05) is 20.7 Å². The minimum absolute atomic E-state index is 0.935. The Bertz CT molecular complexity index is 479. The predicted octanol–water partition coefficient (Wildman–Crippen LogP) is 2.61. The van der Waals surface area contributed by atoms with E-state index in [-0.39, 0.29) is 0 Å². The van der Waals surface area contributed by atoms with Crippen LogP contribution in [0.2, 0.25) is 0 Å². The lowest BCUT2D eigenvalue weighted by Crippen LogP contribution is -2.10. The number of nitrogens with one attached hydrogen (secondary N) is 1. The van der Waals surface area contributed by atoms with Crippen LogP contribution in [0.5, 0.6) is 5.75 Å². The fraction of sp³-hybridized carbons (Fsp3) is 0.286. The maximum atomic E-state index is 5.32. The fourth-order valence-electron chi connectivity index (χ4n) is 1.94. The summed E-state index contributed by atoms with van der Waals surface area (Å²) >= 11 is 0. The van der Waals surface area contributed by atoms with Crippen molar-refractivity contribution < 1.29 is 4.74 Å². The van der Waals surface area contributed by atoms with Gasteiger partial charge in [-0.15, -0.1) is 0 Å². The number of hydrogen-bond acceptors (Lipinski definition) is 2. The largest absolute Gasteiger partial charge is 0.497 e. The molecule has 0 fully saturated rings. The normalized spacial score (nSPS) is 10.6. The molecule has 1 N–H and O–H groups in total. The molecule has 0 bridgehead atoms. The van der Waals surface area contributed by atoms with Crippen molar-refractivity contribution in [3.8, 4) is 5.75 Å². The molecule has 2 rings (SSSR count). The Labute approximate surface area is 96.2 Å². The second-order valence-electron chi connectivity index (χ2n) is 3.86. The molecule has 2 aromatic rings. The summed E-state index contributed by atoms with van der Waals surface area (Å²) < 4.78 is 5.32. The molecule has 0 saturated heterocycles. The molecule has 2 nitrogen and oxygen atoms in total. The highest BCUT2D eigenvalue weighted by Crippen LogP contribution is 2.25. The van der Waals surface area contributed by atoms with Crippen LogP contribution in [0.15, 0.2) is 36.4 Å². The van der Waals surface area contributed by atoms with E-state index in [0.717, 1.165) is 18.7 Å². The molecule has 0 aliphatic carbocycles. The minimum Gasteiger partial charge on any atom is -0.497 e. The molecule has 84 valence electrons. The van der Waals surface area contributed by atoms with Crippen LogP contribution >= 0.6 is 0 Å². The highest BCUT2D eigenvalue weighted by molar-refractivity contribution is 5.87. The molecule has 2 heteroatoms. The van der Waals surface area contributed by atoms with Gasteiger partial charge in [0.15, 0.2) is 0 Å². The van der Waals surface area contributed by atoms with E-state index in [4.69, 9.17) is 4.74 Å². The van der Waals surface area contributed by atoms with Crippen molar-refractivity contribution in [3.05, 3.63) is 42.0 Å². The maximum Gasteiger partial charge on any atom is 0.119 e. The lowest BCUT2D eigenvalue weighted by Gasteiger charge is -2.09. The second kappa shape index (κ2) is 4.99. The number of fused-ring (bicyclic) bond motifs is 1. The van der Waals surface area contributed by atoms with Crippen LogP contribution in [0.4, 0.5) is 0 Å². The Hall–Kier alpha value is -1.54. The molecule has 0 heterocycles. The summed E-state index contributed by atoms with van der Waals surface area (Å²) in [6.45, 7) is 0.983. The average Bonchev–Trinajstić information content (AvgIpc) is 2.35. The van der Waals surface area contributed by atoms with Crippen molar-refractivity contribution in [3.63, 3.8) is 0 Å². The zero-order chi connectivity index (χ0) is 11.4. The number of benzene rings is 2. The van der Waals surface area contributed by atoms with E-state index in [0.29, 0.717) is 0 Å². The molecule has 0 aromatic heterocycles. The van der Waals surface area contributed by atoms with E-state index < -0.39 is 0 Å². The third kappa shape index (κ3) is 2.17. The smallest absolute Gasteiger partial charge is 0.119 e. The zero-order valence-corrected chi connectivity index (χ0v) is 9.79. The molecule has 0 spiro atoms. The van der Waals surface area contributed by atoms with Gasteiger partial charge in [0, 0.05) is 0 Å². The summed E-state index contributed by atoms with van der Waals surface area (Å²) in [5.41, 5.74) is 1.34. The van der Waals surface area contributed by atoms with Crippen molar-refractivity contribution in [1.82, 2.24) is 5.32 Å². The third-order valence-corrected chi connectivity index (χ3v) is 2.80. The van der Waals surface area contributed by atoms with Gasteiger partial charge >= 0.3 is 0 Å². The summed E-state index contributed by atoms with van der Waals surface area (Å²) in [5, 5.41) is 5.74. The van der Waals surface area contributed by atoms with Crippen molar-refractivity contribution in [2.45, 2.75) is 6.42 Å². The third-order valence-electron chi connectivity index (χ3n) is 2.80. The van der Waals surface area contributed by atoms with E-state index in [1.165, 1.54) is 16.3 Å². The quantitative estimate of drug-likeness (QED) is 0.846. The molecule has 0 atom stereocenters. The van der Waals surface area contributed by atoms with Gasteiger partial charge in [-0.1, -0.05) is 24.3 Å². The molecular formula is C14H17NO. The molecule has 0 radical (unpaired) electrons. The van der Waals surface area contributed by atoms with Gasteiger partial charge in [0.2, 0.25) is 0 Å². The van der Waals surface area contributed by atoms with Crippen LogP contribution in [0.3, 0.4) is 0 Å². The summed E-state index contributed by atoms with van der Waals surface area (Å²) in [6.07, 6.45) is 1.02. The Morgan fingerprint density at radius 1 is 1.19 bits per heavy atom. The molecule has 2 aromatic carbocycles. The monoisotopic (exact) mass is 215 g/mol. The average molecular weight is 215 g/mol. The van der Waals surface area contributed by atoms with E-state index >= 15 is 0 Å². The number of likely N-dealkylation sites (N-methyl/N-ethyl adjacent to an activating group) is 1. The van der Waals surface area contributed by atoms with Crippen molar-refractivity contribution in [1.29, 1.82) is 0 Å². The Morgan fingerprint density at radius 3 is 2.75 bits per heavy atom. The standard InChI is InChI=1S/C14H17NO/c1-15-8-7-12-10-13(16-2)9-11-5-3-4-6-14(11)12/h3-6,9-10,15H,7-8H2,1-2H3. The number of hydrogen-bond donors (Lipinski definition) is 1. The van der Waals surface area contributed by atoms with Crippen molar-refractivity contribution in [2.24, 2.45) is 0 Å². The fourth-order valence-corrected chi connectivity index (χ4v) is 1.94. The van der Waals surface area contributed by atoms with Crippen LogP contribution in [0.25, 0.3) is 10.8 Å². The van der Waals surface area contributed by atoms with Crippen molar-refractivity contribution >= 4 is 10.8 Å². The lowest BCUT2D eigenvalue weighted by molar-refractivity contribution is 0.415. The number of methoxy groups -OCH3 is 1. The van der Waals surface area contributed by atoms with Crippen LogP contribution in [-0.2, 0) is 6.42 Å². The summed E-state index contributed by atoms with van der Waals surface area (Å²) in [7, 11) is 3.69. The highest BCUT2D eigenvalue weighted by Gasteiger charge is 2.03. The highest BCUT2D eigenvalue weighted by atomic mass is 16.5. The molecule has 0 unspecified atom stereocenters. The van der Waals surface area contributed by atoms with E-state index in [2.05, 4.69) is 41.7 Å². The van der Waals surface area contributed by atoms with E-state index in [9.17, 15) is 0 Å². The summed E-state index contributed by atoms with van der Waals surface area (Å²) in [6, 6.07) is 12.6. The molecule has 0 aliphatic rings. The SMILES string of the molecule is CNCCc1cc(OC)cc2ccccc12. The van der Waals surface area contributed by atoms with E-state index in [1.54, 1.807) is 7.11 Å². The molecule has 0 amide bonds. The molecular weight excluding hydrogens is 198 g/mol. The minimum atomic E-state index is 0.935. The first-order chi connectivity index (χ1) is 7.85. The Kier molecular flexibility index (Phi) is 3.42. The molecule has 0 aliphatic heterocycles. The maximum absolute atomic E-state index is 5.32. The van der Waals surface area contributed by atoms with Gasteiger partial charge in [-0.3, -0.25) is 0 Å². The van der Waals surface area contributed by atoms with Crippen LogP contribution in [0, 0.1) is 0 Å². The Balaban J connectivity index is 2.50. The topological polar surface area (TPSA) is 21.3 Å². The first-order valence-corrected chi connectivity index (χ1v) is 5.55. The number of rotatable bonds is 4. The van der Waals surface area contributed by atoms with Gasteiger partial charge in [-0.2, -0.15) is 0 Å². The summed E-state index contributed by atoms with van der Waals surface area (Å²) in [5.74, 6) is 0.935. The Morgan fingerprint density at radius 2 is 2.00 bits per heavy atom. The van der Waals surface area contributed by atoms with Gasteiger partial charge in [-0.25, -0.2) is 0 Å². The van der Waals surface area contributed by atoms with Gasteiger partial charge in [0.05, 0.1) is 7.11 Å². The van der Waals surface area contributed by atoms with E-state index in [1.807, 2.05) is 7.05 Å². The zero-order valence-electron chi connectivity index (χ0n) is 9.79. The van der Waals surface area contributed by atoms with Crippen LogP contribution in [0.1, 0.15) is 5.56 Å². The van der Waals surface area contributed by atoms with Gasteiger partial charge in [0.25, 0.3) is 0 Å². The van der Waals surface area contributed by atoms with Gasteiger partial charge in [-0.05, 0) is 48.5 Å². The lowest BCUT2D eigenvalue weighted by atomic mass is 10.0. The first-order valence-electron chi connectivity index (χ1n) is 5.55.